The van der Waals surface area contributed by atoms with Crippen molar-refractivity contribution >= 4 is 28.9 Å². The molecule has 1 N–H and O–H groups in total. The number of hydrogen-bond acceptors (Lipinski definition) is 7. The number of hydrogen-bond donors (Lipinski definition) is 1. The Kier molecular flexibility index (Phi) is 6.18. The van der Waals surface area contributed by atoms with Gasteiger partial charge in [-0.2, -0.15) is 0 Å². The van der Waals surface area contributed by atoms with Crippen LogP contribution in [0.3, 0.4) is 0 Å². The molecule has 1 fully saturated rings. The second kappa shape index (κ2) is 9.18. The lowest BCUT2D eigenvalue weighted by molar-refractivity contribution is -0.117. The van der Waals surface area contributed by atoms with E-state index in [1.807, 2.05) is 23.6 Å². The molecule has 1 aliphatic rings. The van der Waals surface area contributed by atoms with Crippen LogP contribution in [0.1, 0.15) is 28.9 Å². The molecule has 0 aliphatic heterocycles. The maximum atomic E-state index is 12.4. The van der Waals surface area contributed by atoms with Gasteiger partial charge in [-0.1, -0.05) is 6.07 Å². The van der Waals surface area contributed by atoms with Crippen molar-refractivity contribution in [1.82, 2.24) is 4.98 Å². The third kappa shape index (κ3) is 4.86. The van der Waals surface area contributed by atoms with E-state index in [1.54, 1.807) is 38.5 Å². The molecule has 0 radical (unpaired) electrons. The predicted octanol–water partition coefficient (Wildman–Crippen LogP) is 4.53. The number of para-hydroxylation sites is 1. The molecule has 1 aromatic heterocycles. The molecule has 1 heterocycles. The molecule has 0 atom stereocenters. The Balaban J connectivity index is 1.37. The zero-order chi connectivity index (χ0) is 21.8. The number of thiazole rings is 1. The second-order valence-corrected chi connectivity index (χ2v) is 7.96. The van der Waals surface area contributed by atoms with Crippen LogP contribution in [0.2, 0.25) is 0 Å². The Morgan fingerprint density at radius 2 is 1.87 bits per heavy atom. The van der Waals surface area contributed by atoms with Crippen molar-refractivity contribution in [2.24, 2.45) is 5.92 Å². The SMILES string of the molecule is COc1cccc(-c2nc(COC(=O)c3ccc(NC(=O)C4CC4)cc3)cs2)c1OC. The van der Waals surface area contributed by atoms with E-state index in [-0.39, 0.29) is 18.4 Å². The van der Waals surface area contributed by atoms with Crippen LogP contribution in [0.15, 0.2) is 47.8 Å². The fourth-order valence-electron chi connectivity index (χ4n) is 3.05. The smallest absolute Gasteiger partial charge is 0.338 e. The van der Waals surface area contributed by atoms with Gasteiger partial charge < -0.3 is 19.5 Å². The number of benzene rings is 2. The number of aromatic nitrogens is 1. The van der Waals surface area contributed by atoms with Gasteiger partial charge in [0, 0.05) is 17.0 Å². The number of methoxy groups -OCH3 is 2. The largest absolute Gasteiger partial charge is 0.493 e. The summed E-state index contributed by atoms with van der Waals surface area (Å²) in [6.45, 7) is 0.0573. The average Bonchev–Trinajstić information content (AvgIpc) is 3.55. The minimum Gasteiger partial charge on any atom is -0.493 e. The minimum absolute atomic E-state index is 0.0299. The minimum atomic E-state index is -0.450. The number of anilines is 1. The first-order valence-corrected chi connectivity index (χ1v) is 10.7. The van der Waals surface area contributed by atoms with E-state index >= 15 is 0 Å². The van der Waals surface area contributed by atoms with E-state index in [0.717, 1.165) is 23.4 Å². The zero-order valence-corrected chi connectivity index (χ0v) is 18.0. The van der Waals surface area contributed by atoms with E-state index in [2.05, 4.69) is 10.3 Å². The molecular weight excluding hydrogens is 416 g/mol. The average molecular weight is 439 g/mol. The van der Waals surface area contributed by atoms with Crippen molar-refractivity contribution in [1.29, 1.82) is 0 Å². The molecule has 1 saturated carbocycles. The van der Waals surface area contributed by atoms with Gasteiger partial charge in [0.15, 0.2) is 11.5 Å². The third-order valence-electron chi connectivity index (χ3n) is 4.87. The topological polar surface area (TPSA) is 86.8 Å². The second-order valence-electron chi connectivity index (χ2n) is 7.10. The molecule has 1 amide bonds. The van der Waals surface area contributed by atoms with E-state index in [4.69, 9.17) is 14.2 Å². The van der Waals surface area contributed by atoms with Gasteiger partial charge in [-0.15, -0.1) is 11.3 Å². The Hall–Kier alpha value is -3.39. The normalized spacial score (nSPS) is 12.8. The number of amides is 1. The van der Waals surface area contributed by atoms with Gasteiger partial charge in [-0.3, -0.25) is 4.79 Å². The fourth-order valence-corrected chi connectivity index (χ4v) is 3.88. The maximum absolute atomic E-state index is 12.4. The van der Waals surface area contributed by atoms with Crippen LogP contribution in [0.4, 0.5) is 5.69 Å². The summed E-state index contributed by atoms with van der Waals surface area (Å²) < 4.78 is 16.2. The number of rotatable bonds is 8. The summed E-state index contributed by atoms with van der Waals surface area (Å²) in [6, 6.07) is 12.3. The fraction of sp³-hybridized carbons (Fsp3) is 0.261. The molecule has 0 bridgehead atoms. The van der Waals surface area contributed by atoms with Gasteiger partial charge in [-0.05, 0) is 49.2 Å². The van der Waals surface area contributed by atoms with E-state index in [9.17, 15) is 9.59 Å². The Morgan fingerprint density at radius 1 is 1.10 bits per heavy atom. The first-order chi connectivity index (χ1) is 15.1. The number of nitrogens with one attached hydrogen (secondary N) is 1. The van der Waals surface area contributed by atoms with Gasteiger partial charge in [0.25, 0.3) is 0 Å². The van der Waals surface area contributed by atoms with Crippen LogP contribution < -0.4 is 14.8 Å². The van der Waals surface area contributed by atoms with Gasteiger partial charge >= 0.3 is 5.97 Å². The van der Waals surface area contributed by atoms with Crippen molar-refractivity contribution in [2.75, 3.05) is 19.5 Å². The summed E-state index contributed by atoms with van der Waals surface area (Å²) in [5.74, 6) is 0.942. The van der Waals surface area contributed by atoms with Crippen molar-refractivity contribution < 1.29 is 23.8 Å². The monoisotopic (exact) mass is 438 g/mol. The first-order valence-electron chi connectivity index (χ1n) is 9.83. The molecule has 160 valence electrons. The maximum Gasteiger partial charge on any atom is 0.338 e. The molecule has 1 aliphatic carbocycles. The number of carbonyl (C=O) groups excluding carboxylic acids is 2. The summed E-state index contributed by atoms with van der Waals surface area (Å²) in [7, 11) is 3.17. The van der Waals surface area contributed by atoms with Crippen LogP contribution in [0, 0.1) is 5.92 Å². The summed E-state index contributed by atoms with van der Waals surface area (Å²) >= 11 is 1.44. The standard InChI is InChI=1S/C23H22N2O5S/c1-28-19-5-3-4-18(20(19)29-2)22-25-17(13-31-22)12-30-23(27)15-8-10-16(11-9-15)24-21(26)14-6-7-14/h3-5,8-11,13-14H,6-7,12H2,1-2H3,(H,24,26). The summed E-state index contributed by atoms with van der Waals surface area (Å²) in [5.41, 5.74) is 2.54. The van der Waals surface area contributed by atoms with Crippen LogP contribution in [-0.2, 0) is 16.1 Å². The number of ether oxygens (including phenoxy) is 3. The lowest BCUT2D eigenvalue weighted by Crippen LogP contribution is -2.13. The molecule has 0 spiro atoms. The van der Waals surface area contributed by atoms with Crippen LogP contribution >= 0.6 is 11.3 Å². The number of carbonyl (C=O) groups is 2. The van der Waals surface area contributed by atoms with Crippen molar-refractivity contribution in [3.8, 4) is 22.1 Å². The predicted molar refractivity (Wildman–Crippen MR) is 118 cm³/mol. The van der Waals surface area contributed by atoms with E-state index in [1.165, 1.54) is 11.3 Å². The summed E-state index contributed by atoms with van der Waals surface area (Å²) in [6.07, 6.45) is 1.89. The Morgan fingerprint density at radius 3 is 2.55 bits per heavy atom. The lowest BCUT2D eigenvalue weighted by Gasteiger charge is -2.10. The number of esters is 1. The van der Waals surface area contributed by atoms with Crippen LogP contribution in [-0.4, -0.2) is 31.1 Å². The quantitative estimate of drug-likeness (QED) is 0.520. The summed E-state index contributed by atoms with van der Waals surface area (Å²) in [4.78, 5) is 28.7. The zero-order valence-electron chi connectivity index (χ0n) is 17.2. The molecule has 3 aromatic rings. The molecule has 7 nitrogen and oxygen atoms in total. The van der Waals surface area contributed by atoms with Crippen LogP contribution in [0.25, 0.3) is 10.6 Å². The highest BCUT2D eigenvalue weighted by Gasteiger charge is 2.29. The van der Waals surface area contributed by atoms with Crippen LogP contribution in [0.5, 0.6) is 11.5 Å². The van der Waals surface area contributed by atoms with Gasteiger partial charge in [0.05, 0.1) is 31.0 Å². The molecular formula is C23H22N2O5S. The van der Waals surface area contributed by atoms with Crippen molar-refractivity contribution in [2.45, 2.75) is 19.4 Å². The van der Waals surface area contributed by atoms with E-state index < -0.39 is 5.97 Å². The van der Waals surface area contributed by atoms with Gasteiger partial charge in [-0.25, -0.2) is 9.78 Å². The summed E-state index contributed by atoms with van der Waals surface area (Å²) in [5, 5.41) is 5.44. The molecule has 31 heavy (non-hydrogen) atoms. The van der Waals surface area contributed by atoms with Gasteiger partial charge in [0.1, 0.15) is 11.6 Å². The number of nitrogens with zero attached hydrogens (tertiary/aromatic N) is 1. The first kappa shape index (κ1) is 20.9. The molecule has 4 rings (SSSR count). The highest BCUT2D eigenvalue weighted by atomic mass is 32.1. The highest BCUT2D eigenvalue weighted by Crippen LogP contribution is 2.39. The van der Waals surface area contributed by atoms with E-state index in [0.29, 0.717) is 28.4 Å². The van der Waals surface area contributed by atoms with Gasteiger partial charge in [0.2, 0.25) is 5.91 Å². The van der Waals surface area contributed by atoms with Crippen molar-refractivity contribution in [3.63, 3.8) is 0 Å². The molecule has 0 unspecified atom stereocenters. The molecule has 2 aromatic carbocycles. The lowest BCUT2D eigenvalue weighted by atomic mass is 10.2. The Bertz CT molecular complexity index is 1090. The Labute approximate surface area is 184 Å². The highest BCUT2D eigenvalue weighted by molar-refractivity contribution is 7.13. The third-order valence-corrected chi connectivity index (χ3v) is 5.80. The molecule has 8 heteroatoms. The molecule has 0 saturated heterocycles. The van der Waals surface area contributed by atoms with Crippen molar-refractivity contribution in [3.05, 3.63) is 59.1 Å².